The molecule has 1 saturated heterocycles. The Hall–Kier alpha value is -2.04. The van der Waals surface area contributed by atoms with Crippen LogP contribution in [0.25, 0.3) is 0 Å². The van der Waals surface area contributed by atoms with Crippen molar-refractivity contribution in [3.8, 4) is 0 Å². The van der Waals surface area contributed by atoms with E-state index in [1.54, 1.807) is 12.1 Å². The smallest absolute Gasteiger partial charge is 0.315 e. The second kappa shape index (κ2) is 7.02. The van der Waals surface area contributed by atoms with Gasteiger partial charge in [-0.1, -0.05) is 48.0 Å². The fourth-order valence-corrected chi connectivity index (χ4v) is 3.07. The van der Waals surface area contributed by atoms with Gasteiger partial charge in [-0.25, -0.2) is 4.79 Å². The molecule has 1 atom stereocenters. The van der Waals surface area contributed by atoms with Crippen LogP contribution in [0.5, 0.6) is 0 Å². The molecular formula is C18H20ClN3O. The molecule has 0 aromatic heterocycles. The third-order valence-electron chi connectivity index (χ3n) is 4.10. The van der Waals surface area contributed by atoms with Crippen molar-refractivity contribution in [2.24, 2.45) is 0 Å². The summed E-state index contributed by atoms with van der Waals surface area (Å²) in [5.41, 5.74) is 1.87. The number of amides is 2. The Labute approximate surface area is 141 Å². The van der Waals surface area contributed by atoms with E-state index in [1.165, 1.54) is 0 Å². The van der Waals surface area contributed by atoms with Crippen LogP contribution >= 0.6 is 11.6 Å². The summed E-state index contributed by atoms with van der Waals surface area (Å²) in [4.78, 5) is 16.9. The number of urea groups is 1. The van der Waals surface area contributed by atoms with Gasteiger partial charge in [0.2, 0.25) is 0 Å². The number of rotatable bonds is 2. The molecule has 0 unspecified atom stereocenters. The van der Waals surface area contributed by atoms with E-state index in [0.717, 1.165) is 18.7 Å². The summed E-state index contributed by atoms with van der Waals surface area (Å²) in [7, 11) is 2.09. The highest BCUT2D eigenvalue weighted by Crippen LogP contribution is 2.26. The highest BCUT2D eigenvalue weighted by Gasteiger charge is 2.30. The van der Waals surface area contributed by atoms with Crippen LogP contribution in [0.1, 0.15) is 11.6 Å². The number of nitrogens with one attached hydrogen (secondary N) is 1. The first-order valence-corrected chi connectivity index (χ1v) is 8.08. The van der Waals surface area contributed by atoms with Crippen LogP contribution < -0.4 is 5.32 Å². The van der Waals surface area contributed by atoms with Crippen molar-refractivity contribution in [3.05, 3.63) is 65.2 Å². The van der Waals surface area contributed by atoms with E-state index >= 15 is 0 Å². The average molecular weight is 330 g/mol. The first-order chi connectivity index (χ1) is 11.1. The molecule has 1 N–H and O–H groups in total. The van der Waals surface area contributed by atoms with Crippen molar-refractivity contribution >= 4 is 23.3 Å². The average Bonchev–Trinajstić information content (AvgIpc) is 2.55. The second-order valence-electron chi connectivity index (χ2n) is 5.82. The number of benzene rings is 2. The van der Waals surface area contributed by atoms with E-state index in [0.29, 0.717) is 17.3 Å². The van der Waals surface area contributed by atoms with Crippen LogP contribution in [0.3, 0.4) is 0 Å². The fraction of sp³-hybridized carbons (Fsp3) is 0.278. The zero-order chi connectivity index (χ0) is 16.2. The Morgan fingerprint density at radius 1 is 1.13 bits per heavy atom. The maximum absolute atomic E-state index is 12.7. The highest BCUT2D eigenvalue weighted by atomic mass is 35.5. The monoisotopic (exact) mass is 329 g/mol. The first kappa shape index (κ1) is 15.8. The summed E-state index contributed by atoms with van der Waals surface area (Å²) in [6, 6.07) is 17.3. The van der Waals surface area contributed by atoms with Gasteiger partial charge >= 0.3 is 6.03 Å². The lowest BCUT2D eigenvalue weighted by Gasteiger charge is -2.40. The van der Waals surface area contributed by atoms with E-state index in [4.69, 9.17) is 11.6 Å². The lowest BCUT2D eigenvalue weighted by molar-refractivity contribution is 0.117. The molecule has 0 bridgehead atoms. The number of piperazine rings is 1. The summed E-state index contributed by atoms with van der Waals surface area (Å²) < 4.78 is 0. The fourth-order valence-electron chi connectivity index (χ4n) is 2.88. The van der Waals surface area contributed by atoms with Crippen molar-refractivity contribution in [2.75, 3.05) is 32.0 Å². The van der Waals surface area contributed by atoms with Crippen molar-refractivity contribution in [1.82, 2.24) is 9.80 Å². The summed E-state index contributed by atoms with van der Waals surface area (Å²) in [6.07, 6.45) is 0. The largest absolute Gasteiger partial charge is 0.322 e. The van der Waals surface area contributed by atoms with Gasteiger partial charge in [-0.15, -0.1) is 0 Å². The Kier molecular flexibility index (Phi) is 4.84. The molecule has 1 heterocycles. The number of nitrogens with zero attached hydrogens (tertiary/aromatic N) is 2. The first-order valence-electron chi connectivity index (χ1n) is 7.70. The molecule has 4 nitrogen and oxygen atoms in total. The molecule has 3 rings (SSSR count). The lowest BCUT2D eigenvalue weighted by Crippen LogP contribution is -2.50. The molecule has 1 aliphatic rings. The molecule has 23 heavy (non-hydrogen) atoms. The minimum absolute atomic E-state index is 0.0501. The summed E-state index contributed by atoms with van der Waals surface area (Å²) in [6.45, 7) is 2.39. The van der Waals surface area contributed by atoms with Gasteiger partial charge in [0.05, 0.1) is 6.04 Å². The van der Waals surface area contributed by atoms with Gasteiger partial charge in [0.15, 0.2) is 0 Å². The third kappa shape index (κ3) is 3.84. The van der Waals surface area contributed by atoms with Gasteiger partial charge in [-0.2, -0.15) is 0 Å². The molecule has 0 radical (unpaired) electrons. The maximum Gasteiger partial charge on any atom is 0.322 e. The Morgan fingerprint density at radius 3 is 2.65 bits per heavy atom. The lowest BCUT2D eigenvalue weighted by atomic mass is 10.0. The SMILES string of the molecule is CN1CCN(C(=O)Nc2cccc(Cl)c2)[C@@H](c2ccccc2)C1. The van der Waals surface area contributed by atoms with E-state index in [2.05, 4.69) is 29.4 Å². The third-order valence-corrected chi connectivity index (χ3v) is 4.34. The molecular weight excluding hydrogens is 310 g/mol. The van der Waals surface area contributed by atoms with E-state index in [9.17, 15) is 4.79 Å². The standard InChI is InChI=1S/C18H20ClN3O/c1-21-10-11-22(17(13-21)14-6-3-2-4-7-14)18(23)20-16-9-5-8-15(19)12-16/h2-9,12,17H,10-11,13H2,1H3,(H,20,23)/t17-/m1/s1. The van der Waals surface area contributed by atoms with Gasteiger partial charge < -0.3 is 15.1 Å². The van der Waals surface area contributed by atoms with Gasteiger partial charge in [-0.3, -0.25) is 0 Å². The highest BCUT2D eigenvalue weighted by molar-refractivity contribution is 6.30. The Bertz CT molecular complexity index is 677. The zero-order valence-electron chi connectivity index (χ0n) is 13.1. The zero-order valence-corrected chi connectivity index (χ0v) is 13.8. The normalized spacial score (nSPS) is 18.7. The van der Waals surface area contributed by atoms with Crippen LogP contribution in [0.2, 0.25) is 5.02 Å². The molecule has 0 spiro atoms. The van der Waals surface area contributed by atoms with Crippen molar-refractivity contribution in [1.29, 1.82) is 0 Å². The van der Waals surface area contributed by atoms with Crippen LogP contribution in [-0.2, 0) is 0 Å². The minimum atomic E-state index is -0.0887. The molecule has 2 amide bonds. The number of anilines is 1. The van der Waals surface area contributed by atoms with Crippen LogP contribution in [0.4, 0.5) is 10.5 Å². The van der Waals surface area contributed by atoms with Gasteiger partial charge in [0.25, 0.3) is 0 Å². The second-order valence-corrected chi connectivity index (χ2v) is 6.26. The molecule has 0 aliphatic carbocycles. The summed E-state index contributed by atoms with van der Waals surface area (Å²) in [5.74, 6) is 0. The predicted octanol–water partition coefficient (Wildman–Crippen LogP) is 3.86. The molecule has 2 aromatic carbocycles. The van der Waals surface area contributed by atoms with Gasteiger partial charge in [0.1, 0.15) is 0 Å². The number of hydrogen-bond acceptors (Lipinski definition) is 2. The number of hydrogen-bond donors (Lipinski definition) is 1. The summed E-state index contributed by atoms with van der Waals surface area (Å²) in [5, 5.41) is 3.56. The molecule has 5 heteroatoms. The van der Waals surface area contributed by atoms with Crippen molar-refractivity contribution in [3.63, 3.8) is 0 Å². The van der Waals surface area contributed by atoms with E-state index in [-0.39, 0.29) is 12.1 Å². The summed E-state index contributed by atoms with van der Waals surface area (Å²) >= 11 is 5.99. The molecule has 1 fully saturated rings. The van der Waals surface area contributed by atoms with Crippen LogP contribution in [-0.4, -0.2) is 42.5 Å². The quantitative estimate of drug-likeness (QED) is 0.908. The minimum Gasteiger partial charge on any atom is -0.315 e. The topological polar surface area (TPSA) is 35.6 Å². The number of halogens is 1. The molecule has 120 valence electrons. The van der Waals surface area contributed by atoms with E-state index in [1.807, 2.05) is 35.2 Å². The number of carbonyl (C=O) groups is 1. The molecule has 1 aliphatic heterocycles. The van der Waals surface area contributed by atoms with E-state index < -0.39 is 0 Å². The Morgan fingerprint density at radius 2 is 1.91 bits per heavy atom. The Balaban J connectivity index is 1.79. The number of likely N-dealkylation sites (N-methyl/N-ethyl adjacent to an activating group) is 1. The maximum atomic E-state index is 12.7. The van der Waals surface area contributed by atoms with Crippen LogP contribution in [0, 0.1) is 0 Å². The molecule has 2 aromatic rings. The predicted molar refractivity (Wildman–Crippen MR) is 93.9 cm³/mol. The van der Waals surface area contributed by atoms with Crippen molar-refractivity contribution in [2.45, 2.75) is 6.04 Å². The van der Waals surface area contributed by atoms with Gasteiger partial charge in [0, 0.05) is 30.3 Å². The van der Waals surface area contributed by atoms with Crippen LogP contribution in [0.15, 0.2) is 54.6 Å². The number of carbonyl (C=O) groups excluding carboxylic acids is 1. The molecule has 0 saturated carbocycles. The van der Waals surface area contributed by atoms with Crippen molar-refractivity contribution < 1.29 is 4.79 Å². The van der Waals surface area contributed by atoms with Gasteiger partial charge in [-0.05, 0) is 30.8 Å².